The summed E-state index contributed by atoms with van der Waals surface area (Å²) >= 11 is 7.06. The molecule has 22 heavy (non-hydrogen) atoms. The Morgan fingerprint density at radius 3 is 2.41 bits per heavy atom. The quantitative estimate of drug-likeness (QED) is 0.665. The Kier molecular flexibility index (Phi) is 5.80. The molecule has 0 radical (unpaired) electrons. The van der Waals surface area contributed by atoms with Crippen molar-refractivity contribution in [2.45, 2.75) is 4.90 Å². The third-order valence-electron chi connectivity index (χ3n) is 2.62. The van der Waals surface area contributed by atoms with Crippen LogP contribution in [0.2, 0.25) is 5.02 Å². The van der Waals surface area contributed by atoms with Crippen LogP contribution in [0.25, 0.3) is 0 Å². The molecule has 0 aliphatic carbocycles. The Bertz CT molecular complexity index is 679. The number of benzene rings is 2. The number of carbonyl (C=O) groups is 2. The molecule has 0 bridgehead atoms. The van der Waals surface area contributed by atoms with Crippen molar-refractivity contribution in [2.75, 3.05) is 5.75 Å². The topological polar surface area (TPSA) is 58.2 Å². The second-order valence-corrected chi connectivity index (χ2v) is 5.71. The van der Waals surface area contributed by atoms with E-state index in [0.29, 0.717) is 5.02 Å². The number of nitrogens with one attached hydrogen (secondary N) is 2. The summed E-state index contributed by atoms with van der Waals surface area (Å²) in [5, 5.41) is 0.617. The molecule has 0 aliphatic heterocycles. The van der Waals surface area contributed by atoms with E-state index in [4.69, 9.17) is 11.6 Å². The maximum Gasteiger partial charge on any atom is 0.272 e. The summed E-state index contributed by atoms with van der Waals surface area (Å²) in [5.41, 5.74) is 4.28. The number of carbonyl (C=O) groups excluding carboxylic acids is 2. The van der Waals surface area contributed by atoms with Gasteiger partial charge in [0.05, 0.1) is 11.3 Å². The van der Waals surface area contributed by atoms with Crippen molar-refractivity contribution in [3.8, 4) is 0 Å². The van der Waals surface area contributed by atoms with Gasteiger partial charge in [0.25, 0.3) is 5.91 Å². The highest BCUT2D eigenvalue weighted by Gasteiger charge is 2.11. The Balaban J connectivity index is 1.79. The van der Waals surface area contributed by atoms with Crippen molar-refractivity contribution in [2.24, 2.45) is 0 Å². The van der Waals surface area contributed by atoms with Crippen molar-refractivity contribution in [3.05, 3.63) is 64.9 Å². The SMILES string of the molecule is O=C(CSc1ccc(Cl)cc1)NNC(=O)c1ccccc1F. The molecule has 0 unspecified atom stereocenters. The van der Waals surface area contributed by atoms with E-state index in [1.165, 1.54) is 36.0 Å². The molecule has 0 saturated heterocycles. The lowest BCUT2D eigenvalue weighted by Gasteiger charge is -2.08. The van der Waals surface area contributed by atoms with Gasteiger partial charge in [-0.25, -0.2) is 4.39 Å². The number of halogens is 2. The first kappa shape index (κ1) is 16.3. The minimum absolute atomic E-state index is 0.110. The van der Waals surface area contributed by atoms with Crippen molar-refractivity contribution in [3.63, 3.8) is 0 Å². The number of thioether (sulfide) groups is 1. The molecule has 0 fully saturated rings. The molecule has 0 saturated carbocycles. The summed E-state index contributed by atoms with van der Waals surface area (Å²) in [6, 6.07) is 12.6. The molecule has 0 aliphatic rings. The molecule has 0 spiro atoms. The van der Waals surface area contributed by atoms with Gasteiger partial charge in [0.1, 0.15) is 5.82 Å². The van der Waals surface area contributed by atoms with Crippen LogP contribution in [-0.4, -0.2) is 17.6 Å². The monoisotopic (exact) mass is 338 g/mol. The fourth-order valence-electron chi connectivity index (χ4n) is 1.55. The van der Waals surface area contributed by atoms with Gasteiger partial charge in [-0.3, -0.25) is 20.4 Å². The highest BCUT2D eigenvalue weighted by Crippen LogP contribution is 2.19. The summed E-state index contributed by atoms with van der Waals surface area (Å²) < 4.78 is 13.4. The van der Waals surface area contributed by atoms with Gasteiger partial charge in [-0.15, -0.1) is 11.8 Å². The first-order valence-electron chi connectivity index (χ1n) is 6.28. The summed E-state index contributed by atoms with van der Waals surface area (Å²) in [6.45, 7) is 0. The molecule has 2 amide bonds. The molecule has 7 heteroatoms. The summed E-state index contributed by atoms with van der Waals surface area (Å²) in [4.78, 5) is 24.2. The smallest absolute Gasteiger partial charge is 0.272 e. The number of rotatable bonds is 4. The third-order valence-corrected chi connectivity index (χ3v) is 3.88. The molecule has 2 aromatic carbocycles. The van der Waals surface area contributed by atoms with E-state index < -0.39 is 17.6 Å². The van der Waals surface area contributed by atoms with E-state index in [1.807, 2.05) is 0 Å². The van der Waals surface area contributed by atoms with Crippen LogP contribution in [0.1, 0.15) is 10.4 Å². The van der Waals surface area contributed by atoms with Crippen molar-refractivity contribution in [1.29, 1.82) is 0 Å². The van der Waals surface area contributed by atoms with Crippen molar-refractivity contribution >= 4 is 35.2 Å². The molecule has 2 aromatic rings. The molecule has 0 heterocycles. The fourth-order valence-corrected chi connectivity index (χ4v) is 2.38. The van der Waals surface area contributed by atoms with Gasteiger partial charge < -0.3 is 0 Å². The molecule has 4 nitrogen and oxygen atoms in total. The van der Waals surface area contributed by atoms with E-state index in [2.05, 4.69) is 10.9 Å². The Hall–Kier alpha value is -2.05. The molecular formula is C15H12ClFN2O2S. The average Bonchev–Trinajstić information content (AvgIpc) is 2.52. The first-order chi connectivity index (χ1) is 10.6. The standard InChI is InChI=1S/C15H12ClFN2O2S/c16-10-5-7-11(8-6-10)22-9-14(20)18-19-15(21)12-3-1-2-4-13(12)17/h1-8H,9H2,(H,18,20)(H,19,21). The predicted octanol–water partition coefficient (Wildman–Crippen LogP) is 3.03. The van der Waals surface area contributed by atoms with Crippen LogP contribution in [0.5, 0.6) is 0 Å². The maximum absolute atomic E-state index is 13.4. The zero-order chi connectivity index (χ0) is 15.9. The zero-order valence-corrected chi connectivity index (χ0v) is 12.9. The molecule has 2 N–H and O–H groups in total. The Labute approximate surface area is 136 Å². The lowest BCUT2D eigenvalue weighted by atomic mass is 10.2. The average molecular weight is 339 g/mol. The minimum Gasteiger partial charge on any atom is -0.272 e. The number of hydrogen-bond donors (Lipinski definition) is 2. The largest absolute Gasteiger partial charge is 0.272 e. The van der Waals surface area contributed by atoms with Gasteiger partial charge in [0, 0.05) is 9.92 Å². The normalized spacial score (nSPS) is 10.1. The number of amides is 2. The van der Waals surface area contributed by atoms with Gasteiger partial charge in [0.2, 0.25) is 5.91 Å². The predicted molar refractivity (Wildman–Crippen MR) is 84.2 cm³/mol. The molecule has 2 rings (SSSR count). The van der Waals surface area contributed by atoms with Gasteiger partial charge in [-0.05, 0) is 36.4 Å². The highest BCUT2D eigenvalue weighted by atomic mass is 35.5. The van der Waals surface area contributed by atoms with E-state index in [0.717, 1.165) is 4.90 Å². The van der Waals surface area contributed by atoms with Gasteiger partial charge in [-0.1, -0.05) is 23.7 Å². The molecule has 114 valence electrons. The van der Waals surface area contributed by atoms with Crippen LogP contribution in [0, 0.1) is 5.82 Å². The maximum atomic E-state index is 13.4. The second-order valence-electron chi connectivity index (χ2n) is 4.22. The van der Waals surface area contributed by atoms with Crippen molar-refractivity contribution < 1.29 is 14.0 Å². The fraction of sp³-hybridized carbons (Fsp3) is 0.0667. The van der Waals surface area contributed by atoms with Gasteiger partial charge in [0.15, 0.2) is 0 Å². The van der Waals surface area contributed by atoms with E-state index in [-0.39, 0.29) is 11.3 Å². The third kappa shape index (κ3) is 4.75. The minimum atomic E-state index is -0.706. The zero-order valence-electron chi connectivity index (χ0n) is 11.3. The van der Waals surface area contributed by atoms with Crippen LogP contribution in [-0.2, 0) is 4.79 Å². The Morgan fingerprint density at radius 1 is 1.05 bits per heavy atom. The van der Waals surface area contributed by atoms with Crippen LogP contribution in [0.4, 0.5) is 4.39 Å². The summed E-state index contributed by atoms with van der Waals surface area (Å²) in [5.74, 6) is -1.64. The van der Waals surface area contributed by atoms with Crippen LogP contribution < -0.4 is 10.9 Å². The first-order valence-corrected chi connectivity index (χ1v) is 7.64. The lowest BCUT2D eigenvalue weighted by molar-refractivity contribution is -0.119. The van der Waals surface area contributed by atoms with E-state index >= 15 is 0 Å². The van der Waals surface area contributed by atoms with Crippen LogP contribution in [0.3, 0.4) is 0 Å². The van der Waals surface area contributed by atoms with Crippen LogP contribution in [0.15, 0.2) is 53.4 Å². The van der Waals surface area contributed by atoms with Gasteiger partial charge in [-0.2, -0.15) is 0 Å². The summed E-state index contributed by atoms with van der Waals surface area (Å²) in [6.07, 6.45) is 0. The molecule has 0 atom stereocenters. The molecular weight excluding hydrogens is 327 g/mol. The number of hydrazine groups is 1. The van der Waals surface area contributed by atoms with E-state index in [9.17, 15) is 14.0 Å². The second kappa shape index (κ2) is 7.82. The lowest BCUT2D eigenvalue weighted by Crippen LogP contribution is -2.42. The van der Waals surface area contributed by atoms with Gasteiger partial charge >= 0.3 is 0 Å². The van der Waals surface area contributed by atoms with Crippen LogP contribution >= 0.6 is 23.4 Å². The number of hydrogen-bond acceptors (Lipinski definition) is 3. The summed E-state index contributed by atoms with van der Waals surface area (Å²) in [7, 11) is 0. The molecule has 0 aromatic heterocycles. The highest BCUT2D eigenvalue weighted by molar-refractivity contribution is 8.00. The van der Waals surface area contributed by atoms with E-state index in [1.54, 1.807) is 24.3 Å². The Morgan fingerprint density at radius 2 is 1.73 bits per heavy atom. The van der Waals surface area contributed by atoms with Crippen molar-refractivity contribution in [1.82, 2.24) is 10.9 Å².